The van der Waals surface area contributed by atoms with Crippen LogP contribution in [-0.2, 0) is 5.41 Å². The molecule has 3 N–H and O–H groups in total. The minimum absolute atomic E-state index is 0.119. The molecule has 3 aromatic rings. The number of alkyl halides is 3. The number of hydrogen-bond acceptors (Lipinski definition) is 5. The van der Waals surface area contributed by atoms with Gasteiger partial charge in [0.15, 0.2) is 10.8 Å². The molecule has 0 radical (unpaired) electrons. The zero-order chi connectivity index (χ0) is 22.4. The average Bonchev–Trinajstić information content (AvgIpc) is 3.39. The summed E-state index contributed by atoms with van der Waals surface area (Å²) < 4.78 is 44.6. The molecule has 1 amide bonds. The van der Waals surface area contributed by atoms with Crippen molar-refractivity contribution < 1.29 is 22.7 Å². The Morgan fingerprint density at radius 1 is 1.35 bits per heavy atom. The summed E-state index contributed by atoms with van der Waals surface area (Å²) in [6, 6.07) is 6.46. The first kappa shape index (κ1) is 21.2. The molecule has 1 aliphatic carbocycles. The molecule has 7 nitrogen and oxygen atoms in total. The van der Waals surface area contributed by atoms with E-state index in [0.29, 0.717) is 22.6 Å². The topological polar surface area (TPSA) is 94.5 Å². The van der Waals surface area contributed by atoms with Crippen molar-refractivity contribution in [3.63, 3.8) is 0 Å². The standard InChI is InChI=1S/C20H19ClF3N5O2/c1-31-14-8-11(17(25)30)2-3-12(14)19(4-5-19)15-10-27-18-13(9-16(21)28-29(15)18)26-7-6-20(22,23)24/h2-3,8-10,26H,4-7H2,1H3,(H2,25,30). The number of hydrogen-bond donors (Lipinski definition) is 2. The van der Waals surface area contributed by atoms with E-state index in [1.807, 2.05) is 0 Å². The molecule has 31 heavy (non-hydrogen) atoms. The summed E-state index contributed by atoms with van der Waals surface area (Å²) in [6.45, 7) is -0.310. The Balaban J connectivity index is 1.75. The van der Waals surface area contributed by atoms with Crippen molar-refractivity contribution >= 4 is 28.8 Å². The number of carbonyl (C=O) groups excluding carboxylic acids is 1. The van der Waals surface area contributed by atoms with Crippen molar-refractivity contribution in [2.24, 2.45) is 5.73 Å². The van der Waals surface area contributed by atoms with Crippen molar-refractivity contribution in [1.29, 1.82) is 0 Å². The smallest absolute Gasteiger partial charge is 0.390 e. The molecule has 0 bridgehead atoms. The summed E-state index contributed by atoms with van der Waals surface area (Å²) in [5, 5.41) is 7.20. The Kier molecular flexibility index (Phi) is 5.20. The normalized spacial score (nSPS) is 15.1. The van der Waals surface area contributed by atoms with Gasteiger partial charge in [0, 0.05) is 29.2 Å². The third-order valence-corrected chi connectivity index (χ3v) is 5.59. The monoisotopic (exact) mass is 453 g/mol. The van der Waals surface area contributed by atoms with Gasteiger partial charge in [-0.15, -0.1) is 0 Å². The second-order valence-corrected chi connectivity index (χ2v) is 7.80. The van der Waals surface area contributed by atoms with Crippen LogP contribution < -0.4 is 15.8 Å². The number of amides is 1. The fourth-order valence-corrected chi connectivity index (χ4v) is 3.95. The first-order chi connectivity index (χ1) is 14.6. The highest BCUT2D eigenvalue weighted by molar-refractivity contribution is 6.29. The maximum absolute atomic E-state index is 12.5. The highest BCUT2D eigenvalue weighted by atomic mass is 35.5. The van der Waals surface area contributed by atoms with Crippen LogP contribution in [0.2, 0.25) is 5.15 Å². The van der Waals surface area contributed by atoms with Gasteiger partial charge < -0.3 is 15.8 Å². The summed E-state index contributed by atoms with van der Waals surface area (Å²) >= 11 is 6.15. The lowest BCUT2D eigenvalue weighted by Crippen LogP contribution is -2.17. The molecular weight excluding hydrogens is 435 g/mol. The van der Waals surface area contributed by atoms with Crippen molar-refractivity contribution in [1.82, 2.24) is 14.6 Å². The molecule has 164 valence electrons. The van der Waals surface area contributed by atoms with E-state index >= 15 is 0 Å². The van der Waals surface area contributed by atoms with Crippen LogP contribution in [0.3, 0.4) is 0 Å². The minimum Gasteiger partial charge on any atom is -0.496 e. The number of nitrogens with one attached hydrogen (secondary N) is 1. The Morgan fingerprint density at radius 3 is 2.71 bits per heavy atom. The van der Waals surface area contributed by atoms with Crippen LogP contribution in [0.15, 0.2) is 30.5 Å². The Morgan fingerprint density at radius 2 is 2.10 bits per heavy atom. The lowest BCUT2D eigenvalue weighted by Gasteiger charge is -2.19. The second-order valence-electron chi connectivity index (χ2n) is 7.41. The second kappa shape index (κ2) is 7.60. The predicted octanol–water partition coefficient (Wildman–Crippen LogP) is 3.93. The van der Waals surface area contributed by atoms with E-state index in [0.717, 1.165) is 24.1 Å². The SMILES string of the molecule is COc1cc(C(N)=O)ccc1C1(c2cnc3c(NCCC(F)(F)F)cc(Cl)nn23)CC1. The third-order valence-electron chi connectivity index (χ3n) is 5.40. The van der Waals surface area contributed by atoms with E-state index in [4.69, 9.17) is 22.1 Å². The van der Waals surface area contributed by atoms with Gasteiger partial charge in [0.1, 0.15) is 5.75 Å². The number of nitrogens with two attached hydrogens (primary N) is 1. The van der Waals surface area contributed by atoms with Crippen LogP contribution in [0.4, 0.5) is 18.9 Å². The number of rotatable bonds is 7. The van der Waals surface area contributed by atoms with Crippen LogP contribution >= 0.6 is 11.6 Å². The van der Waals surface area contributed by atoms with Gasteiger partial charge in [-0.25, -0.2) is 9.50 Å². The highest BCUT2D eigenvalue weighted by Gasteiger charge is 2.50. The number of benzene rings is 1. The van der Waals surface area contributed by atoms with E-state index in [9.17, 15) is 18.0 Å². The maximum Gasteiger partial charge on any atom is 0.390 e. The van der Waals surface area contributed by atoms with Gasteiger partial charge in [0.25, 0.3) is 0 Å². The molecule has 2 heterocycles. The molecule has 1 saturated carbocycles. The van der Waals surface area contributed by atoms with Crippen molar-refractivity contribution in [2.75, 3.05) is 19.0 Å². The number of halogens is 4. The summed E-state index contributed by atoms with van der Waals surface area (Å²) in [5.41, 5.74) is 7.54. The predicted molar refractivity (Wildman–Crippen MR) is 109 cm³/mol. The zero-order valence-electron chi connectivity index (χ0n) is 16.5. The van der Waals surface area contributed by atoms with Crippen LogP contribution in [0, 0.1) is 0 Å². The molecular formula is C20H19ClF3N5O2. The third kappa shape index (κ3) is 3.99. The van der Waals surface area contributed by atoms with Gasteiger partial charge in [-0.3, -0.25) is 4.79 Å². The maximum atomic E-state index is 12.5. The molecule has 0 spiro atoms. The van der Waals surface area contributed by atoms with Crippen molar-refractivity contribution in [2.45, 2.75) is 30.9 Å². The van der Waals surface area contributed by atoms with E-state index < -0.39 is 23.9 Å². The number of carbonyl (C=O) groups is 1. The van der Waals surface area contributed by atoms with Crippen LogP contribution in [0.25, 0.3) is 5.65 Å². The molecule has 2 aromatic heterocycles. The number of fused-ring (bicyclic) bond motifs is 1. The van der Waals surface area contributed by atoms with Gasteiger partial charge in [-0.05, 0) is 25.0 Å². The van der Waals surface area contributed by atoms with Crippen molar-refractivity contribution in [3.8, 4) is 5.75 Å². The number of anilines is 1. The number of methoxy groups -OCH3 is 1. The van der Waals surface area contributed by atoms with E-state index in [1.165, 1.54) is 13.2 Å². The lowest BCUT2D eigenvalue weighted by molar-refractivity contribution is -0.131. The number of nitrogens with zero attached hydrogens (tertiary/aromatic N) is 3. The Bertz CT molecular complexity index is 1160. The van der Waals surface area contributed by atoms with Crippen LogP contribution in [-0.4, -0.2) is 40.3 Å². The van der Waals surface area contributed by atoms with Gasteiger partial charge in [-0.1, -0.05) is 17.7 Å². The number of primary amides is 1. The van der Waals surface area contributed by atoms with Gasteiger partial charge >= 0.3 is 6.18 Å². The first-order valence-electron chi connectivity index (χ1n) is 9.48. The highest BCUT2D eigenvalue weighted by Crippen LogP contribution is 2.56. The quantitative estimate of drug-likeness (QED) is 0.565. The minimum atomic E-state index is -4.27. The fourth-order valence-electron chi connectivity index (χ4n) is 3.76. The number of aromatic nitrogens is 3. The van der Waals surface area contributed by atoms with Crippen molar-refractivity contribution in [3.05, 3.63) is 52.4 Å². The van der Waals surface area contributed by atoms with E-state index in [1.54, 1.807) is 28.9 Å². The average molecular weight is 454 g/mol. The molecule has 1 aromatic carbocycles. The molecule has 0 saturated heterocycles. The van der Waals surface area contributed by atoms with E-state index in [2.05, 4.69) is 15.4 Å². The lowest BCUT2D eigenvalue weighted by atomic mass is 9.91. The van der Waals surface area contributed by atoms with Gasteiger partial charge in [0.2, 0.25) is 5.91 Å². The molecule has 11 heteroatoms. The number of imidazole rings is 1. The Labute approximate surface area is 180 Å². The molecule has 1 aliphatic rings. The van der Waals surface area contributed by atoms with E-state index in [-0.39, 0.29) is 11.7 Å². The molecule has 4 rings (SSSR count). The van der Waals surface area contributed by atoms with Gasteiger partial charge in [-0.2, -0.15) is 18.3 Å². The van der Waals surface area contributed by atoms with Crippen LogP contribution in [0.1, 0.15) is 40.9 Å². The Hall–Kier alpha value is -3.01. The number of ether oxygens (including phenoxy) is 1. The fraction of sp³-hybridized carbons (Fsp3) is 0.350. The molecule has 0 aliphatic heterocycles. The largest absolute Gasteiger partial charge is 0.496 e. The molecule has 1 fully saturated rings. The van der Waals surface area contributed by atoms with Crippen LogP contribution in [0.5, 0.6) is 5.75 Å². The summed E-state index contributed by atoms with van der Waals surface area (Å²) in [6.07, 6.45) is -2.06. The molecule has 0 atom stereocenters. The summed E-state index contributed by atoms with van der Waals surface area (Å²) in [7, 11) is 1.51. The zero-order valence-corrected chi connectivity index (χ0v) is 17.2. The first-order valence-corrected chi connectivity index (χ1v) is 9.86. The molecule has 0 unspecified atom stereocenters. The summed E-state index contributed by atoms with van der Waals surface area (Å²) in [5.74, 6) is -0.0539. The summed E-state index contributed by atoms with van der Waals surface area (Å²) in [4.78, 5) is 15.9. The van der Waals surface area contributed by atoms with Gasteiger partial charge in [0.05, 0.1) is 31.1 Å².